The highest BCUT2D eigenvalue weighted by molar-refractivity contribution is 5.88. The zero-order chi connectivity index (χ0) is 11.4. The highest BCUT2D eigenvalue weighted by Gasteiger charge is 2.63. The van der Waals surface area contributed by atoms with Crippen molar-refractivity contribution in [3.05, 3.63) is 0 Å². The van der Waals surface area contributed by atoms with E-state index in [0.717, 1.165) is 12.8 Å². The minimum atomic E-state index is -0.150. The number of esters is 1. The summed E-state index contributed by atoms with van der Waals surface area (Å²) in [6.45, 7) is 3.89. The first kappa shape index (κ1) is 10.1. The van der Waals surface area contributed by atoms with E-state index in [1.807, 2.05) is 13.8 Å². The van der Waals surface area contributed by atoms with Crippen LogP contribution in [0.3, 0.4) is 0 Å². The lowest BCUT2D eigenvalue weighted by Crippen LogP contribution is -2.42. The van der Waals surface area contributed by atoms with Crippen LogP contribution in [0.4, 0.5) is 0 Å². The molecule has 1 amide bonds. The number of carbonyl (C=O) groups excluding carboxylic acids is 2. The first-order chi connectivity index (χ1) is 7.58. The smallest absolute Gasteiger partial charge is 0.310 e. The molecular weight excluding hydrogens is 206 g/mol. The molecule has 4 nitrogen and oxygen atoms in total. The number of hydrogen-bond donors (Lipinski definition) is 1. The van der Waals surface area contributed by atoms with Crippen LogP contribution < -0.4 is 5.32 Å². The Morgan fingerprint density at radius 1 is 1.44 bits per heavy atom. The Bertz CT molecular complexity index is 350. The summed E-state index contributed by atoms with van der Waals surface area (Å²) in [4.78, 5) is 23.8. The third-order valence-corrected chi connectivity index (χ3v) is 4.22. The topological polar surface area (TPSA) is 55.4 Å². The van der Waals surface area contributed by atoms with E-state index >= 15 is 0 Å². The lowest BCUT2D eigenvalue weighted by molar-refractivity contribution is -0.146. The summed E-state index contributed by atoms with van der Waals surface area (Å²) < 4.78 is 5.31. The molecule has 0 aromatic carbocycles. The monoisotopic (exact) mass is 223 g/mol. The maximum atomic E-state index is 12.1. The second-order valence-corrected chi connectivity index (χ2v) is 5.59. The van der Waals surface area contributed by atoms with Crippen LogP contribution in [0.5, 0.6) is 0 Å². The molecule has 0 aromatic heterocycles. The lowest BCUT2D eigenvalue weighted by atomic mass is 9.79. The van der Waals surface area contributed by atoms with Crippen molar-refractivity contribution in [2.75, 3.05) is 0 Å². The van der Waals surface area contributed by atoms with Crippen LogP contribution in [0.2, 0.25) is 0 Å². The predicted molar refractivity (Wildman–Crippen MR) is 56.4 cm³/mol. The van der Waals surface area contributed by atoms with E-state index in [1.54, 1.807) is 0 Å². The van der Waals surface area contributed by atoms with Crippen LogP contribution in [0.15, 0.2) is 0 Å². The SMILES string of the molecule is CC(C)NC(=O)C1C2CC3OC(=O)C1C3C2. The number of nitrogens with one attached hydrogen (secondary N) is 1. The molecule has 2 bridgehead atoms. The molecule has 88 valence electrons. The van der Waals surface area contributed by atoms with Crippen LogP contribution in [-0.2, 0) is 14.3 Å². The van der Waals surface area contributed by atoms with Crippen molar-refractivity contribution in [2.45, 2.75) is 38.8 Å². The Kier molecular flexibility index (Phi) is 2.03. The Morgan fingerprint density at radius 2 is 2.19 bits per heavy atom. The highest BCUT2D eigenvalue weighted by atomic mass is 16.6. The summed E-state index contributed by atoms with van der Waals surface area (Å²) in [7, 11) is 0. The molecule has 4 heteroatoms. The number of ether oxygens (including phenoxy) is 1. The Hall–Kier alpha value is -1.06. The third-order valence-electron chi connectivity index (χ3n) is 4.22. The van der Waals surface area contributed by atoms with Crippen molar-refractivity contribution < 1.29 is 14.3 Å². The molecule has 0 radical (unpaired) electrons. The summed E-state index contributed by atoms with van der Waals surface area (Å²) in [6.07, 6.45) is 2.01. The largest absolute Gasteiger partial charge is 0.462 e. The Morgan fingerprint density at radius 3 is 2.88 bits per heavy atom. The lowest BCUT2D eigenvalue weighted by Gasteiger charge is -2.24. The zero-order valence-corrected chi connectivity index (χ0v) is 9.60. The number of fused-ring (bicyclic) bond motifs is 1. The molecule has 1 saturated heterocycles. The average molecular weight is 223 g/mol. The van der Waals surface area contributed by atoms with E-state index in [0.29, 0.717) is 11.8 Å². The van der Waals surface area contributed by atoms with E-state index in [2.05, 4.69) is 5.32 Å². The van der Waals surface area contributed by atoms with Crippen molar-refractivity contribution in [1.82, 2.24) is 5.32 Å². The molecular formula is C12H17NO3. The van der Waals surface area contributed by atoms with Crippen LogP contribution in [0.25, 0.3) is 0 Å². The second-order valence-electron chi connectivity index (χ2n) is 5.59. The average Bonchev–Trinajstić information content (AvgIpc) is 2.75. The minimum absolute atomic E-state index is 0.0461. The van der Waals surface area contributed by atoms with Gasteiger partial charge in [0.1, 0.15) is 6.10 Å². The van der Waals surface area contributed by atoms with Crippen LogP contribution in [-0.4, -0.2) is 24.0 Å². The van der Waals surface area contributed by atoms with Gasteiger partial charge >= 0.3 is 5.97 Å². The highest BCUT2D eigenvalue weighted by Crippen LogP contribution is 2.57. The van der Waals surface area contributed by atoms with E-state index in [4.69, 9.17) is 4.74 Å². The van der Waals surface area contributed by atoms with Crippen molar-refractivity contribution in [3.8, 4) is 0 Å². The molecule has 3 aliphatic rings. The van der Waals surface area contributed by atoms with Crippen molar-refractivity contribution in [2.24, 2.45) is 23.7 Å². The van der Waals surface area contributed by atoms with E-state index in [-0.39, 0.29) is 35.9 Å². The fourth-order valence-corrected chi connectivity index (χ4v) is 3.74. The van der Waals surface area contributed by atoms with Crippen LogP contribution in [0.1, 0.15) is 26.7 Å². The van der Waals surface area contributed by atoms with Gasteiger partial charge in [-0.1, -0.05) is 0 Å². The van der Waals surface area contributed by atoms with Crippen LogP contribution in [0, 0.1) is 23.7 Å². The van der Waals surface area contributed by atoms with Gasteiger partial charge in [-0.25, -0.2) is 0 Å². The fraction of sp³-hybridized carbons (Fsp3) is 0.833. The summed E-state index contributed by atoms with van der Waals surface area (Å²) in [5.41, 5.74) is 0. The van der Waals surface area contributed by atoms with Gasteiger partial charge in [-0.2, -0.15) is 0 Å². The van der Waals surface area contributed by atoms with E-state index < -0.39 is 0 Å². The zero-order valence-electron chi connectivity index (χ0n) is 9.60. The van der Waals surface area contributed by atoms with Crippen LogP contribution >= 0.6 is 0 Å². The molecule has 1 aliphatic heterocycles. The number of hydrogen-bond acceptors (Lipinski definition) is 3. The summed E-state index contributed by atoms with van der Waals surface area (Å²) in [5, 5.41) is 2.93. The van der Waals surface area contributed by atoms with E-state index in [1.165, 1.54) is 0 Å². The predicted octanol–water partition coefficient (Wildman–Crippen LogP) is 0.709. The van der Waals surface area contributed by atoms with Crippen molar-refractivity contribution in [3.63, 3.8) is 0 Å². The second kappa shape index (κ2) is 3.22. The molecule has 3 rings (SSSR count). The van der Waals surface area contributed by atoms with Gasteiger partial charge in [0, 0.05) is 12.0 Å². The first-order valence-electron chi connectivity index (χ1n) is 6.09. The van der Waals surface area contributed by atoms with E-state index in [9.17, 15) is 9.59 Å². The standard InChI is InChI=1S/C12H17NO3/c1-5(2)13-11(14)9-6-3-7-8(4-6)16-12(15)10(7)9/h5-10H,3-4H2,1-2H3,(H,13,14). The summed E-state index contributed by atoms with van der Waals surface area (Å²) in [6, 6.07) is 0.139. The molecule has 0 spiro atoms. The van der Waals surface area contributed by atoms with Gasteiger partial charge in [-0.3, -0.25) is 9.59 Å². The van der Waals surface area contributed by atoms with Gasteiger partial charge in [0.2, 0.25) is 5.91 Å². The fourth-order valence-electron chi connectivity index (χ4n) is 3.74. The molecule has 2 aliphatic carbocycles. The third kappa shape index (κ3) is 1.22. The molecule has 1 N–H and O–H groups in total. The van der Waals surface area contributed by atoms with Gasteiger partial charge in [-0.15, -0.1) is 0 Å². The van der Waals surface area contributed by atoms with Gasteiger partial charge in [0.15, 0.2) is 0 Å². The minimum Gasteiger partial charge on any atom is -0.462 e. The van der Waals surface area contributed by atoms with Gasteiger partial charge in [-0.05, 0) is 32.6 Å². The maximum absolute atomic E-state index is 12.1. The summed E-state index contributed by atoms with van der Waals surface area (Å²) >= 11 is 0. The van der Waals surface area contributed by atoms with Crippen molar-refractivity contribution in [1.29, 1.82) is 0 Å². The molecule has 2 saturated carbocycles. The molecule has 0 aromatic rings. The molecule has 5 unspecified atom stereocenters. The van der Waals surface area contributed by atoms with Crippen molar-refractivity contribution >= 4 is 11.9 Å². The normalized spacial score (nSPS) is 43.9. The number of amides is 1. The quantitative estimate of drug-likeness (QED) is 0.701. The Labute approximate surface area is 94.7 Å². The first-order valence-corrected chi connectivity index (χ1v) is 6.09. The van der Waals surface area contributed by atoms with Gasteiger partial charge in [0.25, 0.3) is 0 Å². The molecule has 3 fully saturated rings. The maximum Gasteiger partial charge on any atom is 0.310 e. The summed E-state index contributed by atoms with van der Waals surface area (Å²) in [5.74, 6) is 0.315. The Balaban J connectivity index is 1.82. The number of rotatable bonds is 2. The molecule has 1 heterocycles. The molecule has 16 heavy (non-hydrogen) atoms. The number of carbonyl (C=O) groups is 2. The van der Waals surface area contributed by atoms with Gasteiger partial charge in [0.05, 0.1) is 11.8 Å². The molecule has 5 atom stereocenters. The van der Waals surface area contributed by atoms with Gasteiger partial charge < -0.3 is 10.1 Å².